The molecule has 1 amide bonds. The molecule has 0 aliphatic carbocycles. The van der Waals surface area contributed by atoms with Crippen LogP contribution in [0.15, 0.2) is 6.33 Å². The molecule has 0 aromatic carbocycles. The SMILES string of the molecule is CC1CC(=O)N(CCc2nncn2C)C(C)C1C(=O)O. The second-order valence-corrected chi connectivity index (χ2v) is 5.48. The van der Waals surface area contributed by atoms with Crippen LogP contribution >= 0.6 is 0 Å². The summed E-state index contributed by atoms with van der Waals surface area (Å²) >= 11 is 0. The molecular formula is C13H20N4O3. The fourth-order valence-electron chi connectivity index (χ4n) is 2.95. The quantitative estimate of drug-likeness (QED) is 0.857. The minimum atomic E-state index is -0.832. The fourth-order valence-corrected chi connectivity index (χ4v) is 2.95. The topological polar surface area (TPSA) is 88.3 Å². The van der Waals surface area contributed by atoms with Gasteiger partial charge in [0.05, 0.1) is 5.92 Å². The van der Waals surface area contributed by atoms with Gasteiger partial charge in [-0.05, 0) is 12.8 Å². The average molecular weight is 280 g/mol. The van der Waals surface area contributed by atoms with Gasteiger partial charge in [-0.1, -0.05) is 6.92 Å². The van der Waals surface area contributed by atoms with Crippen LogP contribution in [0.4, 0.5) is 0 Å². The number of carbonyl (C=O) groups is 2. The Labute approximate surface area is 117 Å². The van der Waals surface area contributed by atoms with E-state index in [1.807, 2.05) is 20.9 Å². The number of piperidine rings is 1. The van der Waals surface area contributed by atoms with Gasteiger partial charge in [-0.3, -0.25) is 9.59 Å². The highest BCUT2D eigenvalue weighted by molar-refractivity contribution is 5.81. The van der Waals surface area contributed by atoms with E-state index in [0.29, 0.717) is 19.4 Å². The first kappa shape index (κ1) is 14.5. The molecule has 20 heavy (non-hydrogen) atoms. The summed E-state index contributed by atoms with van der Waals surface area (Å²) in [5, 5.41) is 17.1. The zero-order chi connectivity index (χ0) is 14.9. The lowest BCUT2D eigenvalue weighted by Gasteiger charge is -2.40. The van der Waals surface area contributed by atoms with Gasteiger partial charge in [0, 0.05) is 32.5 Å². The van der Waals surface area contributed by atoms with Crippen LogP contribution in [0.5, 0.6) is 0 Å². The summed E-state index contributed by atoms with van der Waals surface area (Å²) in [6.45, 7) is 4.11. The third-order valence-electron chi connectivity index (χ3n) is 4.11. The van der Waals surface area contributed by atoms with E-state index >= 15 is 0 Å². The van der Waals surface area contributed by atoms with Crippen molar-refractivity contribution in [1.29, 1.82) is 0 Å². The first-order chi connectivity index (χ1) is 9.41. The largest absolute Gasteiger partial charge is 0.481 e. The first-order valence-corrected chi connectivity index (χ1v) is 6.77. The maximum absolute atomic E-state index is 12.1. The molecule has 0 bridgehead atoms. The number of carbonyl (C=O) groups excluding carboxylic acids is 1. The summed E-state index contributed by atoms with van der Waals surface area (Å²) < 4.78 is 1.80. The third-order valence-corrected chi connectivity index (χ3v) is 4.11. The van der Waals surface area contributed by atoms with Gasteiger partial charge in [0.25, 0.3) is 0 Å². The van der Waals surface area contributed by atoms with Crippen molar-refractivity contribution in [2.45, 2.75) is 32.7 Å². The smallest absolute Gasteiger partial charge is 0.308 e. The number of rotatable bonds is 4. The summed E-state index contributed by atoms with van der Waals surface area (Å²) in [4.78, 5) is 25.1. The van der Waals surface area contributed by atoms with E-state index in [1.165, 1.54) is 0 Å². The second-order valence-electron chi connectivity index (χ2n) is 5.48. The Morgan fingerprint density at radius 1 is 1.50 bits per heavy atom. The van der Waals surface area contributed by atoms with Crippen LogP contribution in [0.1, 0.15) is 26.1 Å². The van der Waals surface area contributed by atoms with Crippen LogP contribution in [0.2, 0.25) is 0 Å². The van der Waals surface area contributed by atoms with Gasteiger partial charge in [-0.15, -0.1) is 10.2 Å². The third kappa shape index (κ3) is 2.66. The van der Waals surface area contributed by atoms with Crippen molar-refractivity contribution in [2.24, 2.45) is 18.9 Å². The number of likely N-dealkylation sites (tertiary alicyclic amines) is 1. The molecule has 7 heteroatoms. The van der Waals surface area contributed by atoms with Crippen LogP contribution in [-0.4, -0.2) is 49.2 Å². The zero-order valence-electron chi connectivity index (χ0n) is 12.0. The molecule has 0 saturated carbocycles. The molecule has 3 unspecified atom stereocenters. The highest BCUT2D eigenvalue weighted by Gasteiger charge is 2.41. The Balaban J connectivity index is 2.07. The van der Waals surface area contributed by atoms with Crippen molar-refractivity contribution in [3.8, 4) is 0 Å². The maximum atomic E-state index is 12.1. The lowest BCUT2D eigenvalue weighted by atomic mass is 9.81. The van der Waals surface area contributed by atoms with Crippen LogP contribution < -0.4 is 0 Å². The minimum Gasteiger partial charge on any atom is -0.481 e. The molecule has 1 fully saturated rings. The van der Waals surface area contributed by atoms with Gasteiger partial charge in [-0.25, -0.2) is 0 Å². The second kappa shape index (κ2) is 5.60. The number of carboxylic acid groups (broad SMARTS) is 1. The molecule has 0 spiro atoms. The van der Waals surface area contributed by atoms with Crippen LogP contribution in [0.3, 0.4) is 0 Å². The van der Waals surface area contributed by atoms with Crippen molar-refractivity contribution < 1.29 is 14.7 Å². The standard InChI is InChI=1S/C13H20N4O3/c1-8-6-11(18)17(9(2)12(8)13(19)20)5-4-10-15-14-7-16(10)3/h7-9,12H,4-6H2,1-3H3,(H,19,20). The lowest BCUT2D eigenvalue weighted by molar-refractivity contribution is -0.154. The summed E-state index contributed by atoms with van der Waals surface area (Å²) in [6.07, 6.45) is 2.48. The molecule has 1 aromatic rings. The molecule has 1 aliphatic rings. The van der Waals surface area contributed by atoms with Gasteiger partial charge in [0.15, 0.2) is 0 Å². The normalized spacial score (nSPS) is 26.9. The van der Waals surface area contributed by atoms with Gasteiger partial charge in [-0.2, -0.15) is 0 Å². The van der Waals surface area contributed by atoms with Gasteiger partial charge < -0.3 is 14.6 Å². The predicted molar refractivity (Wildman–Crippen MR) is 70.8 cm³/mol. The van der Waals surface area contributed by atoms with E-state index < -0.39 is 11.9 Å². The summed E-state index contributed by atoms with van der Waals surface area (Å²) in [5.41, 5.74) is 0. The number of nitrogens with zero attached hydrogens (tertiary/aromatic N) is 4. The van der Waals surface area contributed by atoms with Gasteiger partial charge in [0.1, 0.15) is 12.2 Å². The summed E-state index contributed by atoms with van der Waals surface area (Å²) in [7, 11) is 1.85. The lowest BCUT2D eigenvalue weighted by Crippen LogP contribution is -2.53. The minimum absolute atomic E-state index is 0.0182. The van der Waals surface area contributed by atoms with Gasteiger partial charge in [0.2, 0.25) is 5.91 Å². The number of amides is 1. The molecule has 3 atom stereocenters. The highest BCUT2D eigenvalue weighted by Crippen LogP contribution is 2.30. The first-order valence-electron chi connectivity index (χ1n) is 6.77. The molecule has 7 nitrogen and oxygen atoms in total. The monoisotopic (exact) mass is 280 g/mol. The number of hydrogen-bond acceptors (Lipinski definition) is 4. The van der Waals surface area contributed by atoms with Crippen molar-refractivity contribution in [2.75, 3.05) is 6.54 Å². The van der Waals surface area contributed by atoms with Gasteiger partial charge >= 0.3 is 5.97 Å². The summed E-state index contributed by atoms with van der Waals surface area (Å²) in [5.74, 6) is -0.658. The highest BCUT2D eigenvalue weighted by atomic mass is 16.4. The van der Waals surface area contributed by atoms with E-state index in [1.54, 1.807) is 15.8 Å². The summed E-state index contributed by atoms with van der Waals surface area (Å²) in [6, 6.07) is -0.294. The maximum Gasteiger partial charge on any atom is 0.308 e. The van der Waals surface area contributed by atoms with E-state index in [2.05, 4.69) is 10.2 Å². The van der Waals surface area contributed by atoms with Crippen molar-refractivity contribution >= 4 is 11.9 Å². The number of aliphatic carboxylic acids is 1. The molecule has 110 valence electrons. The Hall–Kier alpha value is -1.92. The number of aryl methyl sites for hydroxylation is 1. The molecule has 2 rings (SSSR count). The van der Waals surface area contributed by atoms with E-state index in [9.17, 15) is 14.7 Å². The van der Waals surface area contributed by atoms with Crippen LogP contribution in [0.25, 0.3) is 0 Å². The average Bonchev–Trinajstić information content (AvgIpc) is 2.73. The zero-order valence-corrected chi connectivity index (χ0v) is 12.0. The molecule has 0 radical (unpaired) electrons. The molecule has 1 N–H and O–H groups in total. The molecule has 1 saturated heterocycles. The molecular weight excluding hydrogens is 260 g/mol. The van der Waals surface area contributed by atoms with Crippen LogP contribution in [0, 0.1) is 11.8 Å². The Morgan fingerprint density at radius 2 is 2.20 bits per heavy atom. The van der Waals surface area contributed by atoms with E-state index in [0.717, 1.165) is 5.82 Å². The predicted octanol–water partition coefficient (Wildman–Crippen LogP) is 0.315. The Kier molecular flexibility index (Phi) is 4.06. The van der Waals surface area contributed by atoms with Crippen molar-refractivity contribution in [1.82, 2.24) is 19.7 Å². The Morgan fingerprint density at radius 3 is 2.75 bits per heavy atom. The molecule has 1 aliphatic heterocycles. The molecule has 2 heterocycles. The van der Waals surface area contributed by atoms with Crippen molar-refractivity contribution in [3.63, 3.8) is 0 Å². The fraction of sp³-hybridized carbons (Fsp3) is 0.692. The van der Waals surface area contributed by atoms with Crippen LogP contribution in [-0.2, 0) is 23.1 Å². The molecule has 1 aromatic heterocycles. The van der Waals surface area contributed by atoms with Crippen molar-refractivity contribution in [3.05, 3.63) is 12.2 Å². The number of aromatic nitrogens is 3. The number of carboxylic acids is 1. The number of hydrogen-bond donors (Lipinski definition) is 1. The van der Waals surface area contributed by atoms with E-state index in [4.69, 9.17) is 0 Å². The van der Waals surface area contributed by atoms with E-state index in [-0.39, 0.29) is 17.9 Å². The Bertz CT molecular complexity index is 513.